The molecule has 0 saturated carbocycles. The van der Waals surface area contributed by atoms with Gasteiger partial charge in [0, 0.05) is 23.3 Å². The lowest BCUT2D eigenvalue weighted by atomic mass is 10.1. The Bertz CT molecular complexity index is 941. The summed E-state index contributed by atoms with van der Waals surface area (Å²) < 4.78 is 0. The summed E-state index contributed by atoms with van der Waals surface area (Å²) in [7, 11) is 0. The van der Waals surface area contributed by atoms with Crippen LogP contribution in [-0.2, 0) is 13.0 Å². The van der Waals surface area contributed by atoms with Crippen molar-refractivity contribution in [2.75, 3.05) is 5.32 Å². The number of carbonyl (C=O) groups excluding carboxylic acids is 1. The van der Waals surface area contributed by atoms with Gasteiger partial charge in [0.15, 0.2) is 0 Å². The average Bonchev–Trinajstić information content (AvgIpc) is 2.67. The first-order chi connectivity index (χ1) is 13.0. The summed E-state index contributed by atoms with van der Waals surface area (Å²) in [5.41, 5.74) is 3.45. The fraction of sp³-hybridized carbons (Fsp3) is 0.190. The molecule has 5 nitrogen and oxygen atoms in total. The molecule has 3 rings (SSSR count). The molecule has 1 amide bonds. The van der Waals surface area contributed by atoms with Gasteiger partial charge in [-0.1, -0.05) is 48.9 Å². The molecule has 0 fully saturated rings. The number of aromatic nitrogens is 2. The second-order valence-corrected chi connectivity index (χ2v) is 6.57. The first kappa shape index (κ1) is 18.9. The van der Waals surface area contributed by atoms with Crippen LogP contribution in [0.3, 0.4) is 0 Å². The molecule has 2 N–H and O–H groups in total. The van der Waals surface area contributed by atoms with Crippen LogP contribution in [0, 0.1) is 6.92 Å². The van der Waals surface area contributed by atoms with Crippen molar-refractivity contribution in [2.45, 2.75) is 26.8 Å². The number of aryl methyl sites for hydroxylation is 2. The minimum Gasteiger partial charge on any atom is -0.347 e. The molecule has 0 atom stereocenters. The van der Waals surface area contributed by atoms with Crippen LogP contribution in [-0.4, -0.2) is 15.9 Å². The van der Waals surface area contributed by atoms with Gasteiger partial charge in [-0.2, -0.15) is 0 Å². The molecule has 6 heteroatoms. The molecule has 0 aliphatic rings. The van der Waals surface area contributed by atoms with Gasteiger partial charge in [0.25, 0.3) is 5.91 Å². The van der Waals surface area contributed by atoms with Crippen molar-refractivity contribution in [1.82, 2.24) is 15.3 Å². The zero-order chi connectivity index (χ0) is 19.2. The summed E-state index contributed by atoms with van der Waals surface area (Å²) in [5.74, 6) is 0.882. The molecule has 1 heterocycles. The van der Waals surface area contributed by atoms with Crippen molar-refractivity contribution >= 4 is 29.0 Å². The third-order valence-electron chi connectivity index (χ3n) is 4.10. The van der Waals surface area contributed by atoms with E-state index in [-0.39, 0.29) is 5.91 Å². The maximum atomic E-state index is 12.5. The summed E-state index contributed by atoms with van der Waals surface area (Å²) in [6.07, 6.45) is 0.904. The third kappa shape index (κ3) is 5.05. The monoisotopic (exact) mass is 380 g/mol. The van der Waals surface area contributed by atoms with Crippen LogP contribution >= 0.6 is 11.6 Å². The van der Waals surface area contributed by atoms with Crippen LogP contribution in [0.1, 0.15) is 34.4 Å². The fourth-order valence-corrected chi connectivity index (χ4v) is 2.84. The number of amides is 1. The van der Waals surface area contributed by atoms with E-state index in [2.05, 4.69) is 33.6 Å². The maximum Gasteiger partial charge on any atom is 0.270 e. The lowest BCUT2D eigenvalue weighted by Gasteiger charge is -2.12. The van der Waals surface area contributed by atoms with Crippen LogP contribution in [0.4, 0.5) is 11.5 Å². The molecular formula is C21H21ClN4O. The zero-order valence-electron chi connectivity index (χ0n) is 15.3. The largest absolute Gasteiger partial charge is 0.347 e. The number of hydrogen-bond donors (Lipinski definition) is 2. The van der Waals surface area contributed by atoms with Crippen LogP contribution in [0.15, 0.2) is 54.6 Å². The van der Waals surface area contributed by atoms with Gasteiger partial charge in [0.05, 0.1) is 0 Å². The summed E-state index contributed by atoms with van der Waals surface area (Å²) in [6, 6.07) is 17.0. The number of benzene rings is 2. The summed E-state index contributed by atoms with van der Waals surface area (Å²) in [4.78, 5) is 21.2. The van der Waals surface area contributed by atoms with Crippen molar-refractivity contribution in [3.63, 3.8) is 0 Å². The SMILES string of the molecule is CCc1ccccc1Nc1cc(C(=O)NCc2ccc(Cl)cc2)nc(C)n1. The van der Waals surface area contributed by atoms with Crippen LogP contribution in [0.5, 0.6) is 0 Å². The summed E-state index contributed by atoms with van der Waals surface area (Å²) in [5, 5.41) is 6.84. The maximum absolute atomic E-state index is 12.5. The Kier molecular flexibility index (Phi) is 6.04. The normalized spacial score (nSPS) is 10.5. The zero-order valence-corrected chi connectivity index (χ0v) is 16.0. The molecule has 0 unspecified atom stereocenters. The number of hydrogen-bond acceptors (Lipinski definition) is 4. The minimum atomic E-state index is -0.248. The Hall–Kier alpha value is -2.92. The van der Waals surface area contributed by atoms with E-state index in [4.69, 9.17) is 11.6 Å². The molecule has 2 aromatic carbocycles. The van der Waals surface area contributed by atoms with Gasteiger partial charge in [0.1, 0.15) is 17.3 Å². The van der Waals surface area contributed by atoms with Gasteiger partial charge < -0.3 is 10.6 Å². The van der Waals surface area contributed by atoms with E-state index < -0.39 is 0 Å². The molecule has 0 aliphatic carbocycles. The molecular weight excluding hydrogens is 360 g/mol. The van der Waals surface area contributed by atoms with Gasteiger partial charge in [-0.25, -0.2) is 9.97 Å². The van der Waals surface area contributed by atoms with Crippen LogP contribution in [0.2, 0.25) is 5.02 Å². The quantitative estimate of drug-likeness (QED) is 0.651. The first-order valence-electron chi connectivity index (χ1n) is 8.78. The van der Waals surface area contributed by atoms with Gasteiger partial charge in [-0.3, -0.25) is 4.79 Å². The van der Waals surface area contributed by atoms with Crippen LogP contribution in [0.25, 0.3) is 0 Å². The number of nitrogens with zero attached hydrogens (tertiary/aromatic N) is 2. The van der Waals surface area contributed by atoms with E-state index in [1.54, 1.807) is 25.1 Å². The third-order valence-corrected chi connectivity index (χ3v) is 4.35. The molecule has 3 aromatic rings. The van der Waals surface area contributed by atoms with E-state index in [1.165, 1.54) is 5.56 Å². The van der Waals surface area contributed by atoms with Crippen molar-refractivity contribution in [2.24, 2.45) is 0 Å². The molecule has 0 saturated heterocycles. The first-order valence-corrected chi connectivity index (χ1v) is 9.16. The lowest BCUT2D eigenvalue weighted by molar-refractivity contribution is 0.0945. The molecule has 0 bridgehead atoms. The molecule has 0 spiro atoms. The van der Waals surface area contributed by atoms with E-state index in [9.17, 15) is 4.79 Å². The number of anilines is 2. The van der Waals surface area contributed by atoms with Gasteiger partial charge >= 0.3 is 0 Å². The Balaban J connectivity index is 1.74. The van der Waals surface area contributed by atoms with Crippen LogP contribution < -0.4 is 10.6 Å². The Morgan fingerprint density at radius 2 is 1.81 bits per heavy atom. The van der Waals surface area contributed by atoms with Crippen molar-refractivity contribution in [1.29, 1.82) is 0 Å². The molecule has 138 valence electrons. The van der Waals surface area contributed by atoms with Crippen molar-refractivity contribution in [3.8, 4) is 0 Å². The molecule has 0 radical (unpaired) electrons. The highest BCUT2D eigenvalue weighted by molar-refractivity contribution is 6.30. The van der Waals surface area contributed by atoms with E-state index in [0.717, 1.165) is 17.7 Å². The van der Waals surface area contributed by atoms with Gasteiger partial charge in [-0.05, 0) is 42.7 Å². The number of rotatable bonds is 6. The van der Waals surface area contributed by atoms with Gasteiger partial charge in [0.2, 0.25) is 0 Å². The predicted molar refractivity (Wildman–Crippen MR) is 108 cm³/mol. The van der Waals surface area contributed by atoms with E-state index in [1.807, 2.05) is 30.3 Å². The fourth-order valence-electron chi connectivity index (χ4n) is 2.71. The second kappa shape index (κ2) is 8.64. The highest BCUT2D eigenvalue weighted by Crippen LogP contribution is 2.20. The number of carbonyl (C=O) groups is 1. The summed E-state index contributed by atoms with van der Waals surface area (Å²) >= 11 is 5.88. The number of para-hydroxylation sites is 1. The molecule has 1 aromatic heterocycles. The Morgan fingerprint density at radius 3 is 2.56 bits per heavy atom. The van der Waals surface area contributed by atoms with E-state index >= 15 is 0 Å². The standard InChI is InChI=1S/C21H21ClN4O/c1-3-16-6-4-5-7-18(16)26-20-12-19(24-14(2)25-20)21(27)23-13-15-8-10-17(22)11-9-15/h4-12H,3,13H2,1-2H3,(H,23,27)(H,24,25,26). The topological polar surface area (TPSA) is 66.9 Å². The second-order valence-electron chi connectivity index (χ2n) is 6.13. The highest BCUT2D eigenvalue weighted by atomic mass is 35.5. The van der Waals surface area contributed by atoms with Crippen molar-refractivity contribution in [3.05, 3.63) is 82.3 Å². The number of halogens is 1. The molecule has 27 heavy (non-hydrogen) atoms. The predicted octanol–water partition coefficient (Wildman–Crippen LogP) is 4.67. The number of nitrogens with one attached hydrogen (secondary N) is 2. The van der Waals surface area contributed by atoms with Gasteiger partial charge in [-0.15, -0.1) is 0 Å². The smallest absolute Gasteiger partial charge is 0.270 e. The lowest BCUT2D eigenvalue weighted by Crippen LogP contribution is -2.24. The Labute approximate surface area is 163 Å². The highest BCUT2D eigenvalue weighted by Gasteiger charge is 2.11. The molecule has 0 aliphatic heterocycles. The van der Waals surface area contributed by atoms with E-state index in [0.29, 0.717) is 28.9 Å². The average molecular weight is 381 g/mol. The van der Waals surface area contributed by atoms with Crippen molar-refractivity contribution < 1.29 is 4.79 Å². The Morgan fingerprint density at radius 1 is 1.07 bits per heavy atom. The minimum absolute atomic E-state index is 0.248. The summed E-state index contributed by atoms with van der Waals surface area (Å²) in [6.45, 7) is 4.27.